The molecule has 2 aromatic heterocycles. The average Bonchev–Trinajstić information content (AvgIpc) is 2.70. The van der Waals surface area contributed by atoms with Gasteiger partial charge in [-0.2, -0.15) is 0 Å². The van der Waals surface area contributed by atoms with Crippen LogP contribution in [0.25, 0.3) is 11.3 Å². The first-order valence-electron chi connectivity index (χ1n) is 9.21. The van der Waals surface area contributed by atoms with E-state index in [2.05, 4.69) is 30.2 Å². The summed E-state index contributed by atoms with van der Waals surface area (Å²) in [6, 6.07) is 9.28. The van der Waals surface area contributed by atoms with Crippen molar-refractivity contribution in [3.05, 3.63) is 58.1 Å². The summed E-state index contributed by atoms with van der Waals surface area (Å²) in [6.45, 7) is 6.78. The maximum atomic E-state index is 12.2. The first-order chi connectivity index (χ1) is 13.6. The maximum absolute atomic E-state index is 12.2. The van der Waals surface area contributed by atoms with Gasteiger partial charge < -0.3 is 15.0 Å². The predicted molar refractivity (Wildman–Crippen MR) is 108 cm³/mol. The molecule has 28 heavy (non-hydrogen) atoms. The molecular formula is C20H22N6O2. The van der Waals surface area contributed by atoms with Crippen LogP contribution in [0.15, 0.2) is 41.3 Å². The number of aromatic nitrogens is 4. The van der Waals surface area contributed by atoms with Gasteiger partial charge in [0.2, 0.25) is 11.9 Å². The van der Waals surface area contributed by atoms with Gasteiger partial charge in [-0.05, 0) is 25.5 Å². The molecule has 8 heteroatoms. The molecule has 144 valence electrons. The topological polar surface area (TPSA) is 96.0 Å². The second kappa shape index (κ2) is 7.77. The van der Waals surface area contributed by atoms with Crippen LogP contribution in [0.2, 0.25) is 0 Å². The van der Waals surface area contributed by atoms with Crippen LogP contribution in [-0.2, 0) is 4.74 Å². The number of H-pyrrole nitrogens is 1. The minimum Gasteiger partial charge on any atom is -0.378 e. The normalized spacial score (nSPS) is 14.1. The van der Waals surface area contributed by atoms with Gasteiger partial charge in [0.1, 0.15) is 0 Å². The molecule has 0 saturated carbocycles. The van der Waals surface area contributed by atoms with Crippen molar-refractivity contribution in [3.63, 3.8) is 0 Å². The Morgan fingerprint density at radius 1 is 1.14 bits per heavy atom. The van der Waals surface area contributed by atoms with Crippen LogP contribution >= 0.6 is 0 Å². The fourth-order valence-corrected chi connectivity index (χ4v) is 3.12. The molecule has 1 fully saturated rings. The number of nitrogens with one attached hydrogen (secondary N) is 2. The highest BCUT2D eigenvalue weighted by Crippen LogP contribution is 2.23. The third-order valence-electron chi connectivity index (χ3n) is 4.68. The van der Waals surface area contributed by atoms with E-state index in [0.29, 0.717) is 30.8 Å². The highest BCUT2D eigenvalue weighted by atomic mass is 16.5. The minimum absolute atomic E-state index is 0.238. The summed E-state index contributed by atoms with van der Waals surface area (Å²) in [5.41, 5.74) is 3.75. The van der Waals surface area contributed by atoms with Gasteiger partial charge in [0.15, 0.2) is 0 Å². The monoisotopic (exact) mass is 378 g/mol. The Labute approximate surface area is 162 Å². The average molecular weight is 378 g/mol. The molecule has 1 saturated heterocycles. The smallest absolute Gasteiger partial charge is 0.252 e. The molecule has 0 amide bonds. The summed E-state index contributed by atoms with van der Waals surface area (Å²) in [4.78, 5) is 30.7. The van der Waals surface area contributed by atoms with Crippen molar-refractivity contribution < 1.29 is 4.74 Å². The SMILES string of the molecule is Cc1ccccc1Nc1nc(-c2cnc(N3CCOCC3)nc2C)cc(=O)[nH]1. The Morgan fingerprint density at radius 2 is 1.93 bits per heavy atom. The molecule has 0 radical (unpaired) electrons. The summed E-state index contributed by atoms with van der Waals surface area (Å²) < 4.78 is 5.38. The number of aromatic amines is 1. The molecular weight excluding hydrogens is 356 g/mol. The Hall–Kier alpha value is -3.26. The minimum atomic E-state index is -0.238. The largest absolute Gasteiger partial charge is 0.378 e. The molecule has 1 aliphatic heterocycles. The van der Waals surface area contributed by atoms with E-state index in [4.69, 9.17) is 4.74 Å². The van der Waals surface area contributed by atoms with Gasteiger partial charge in [-0.3, -0.25) is 9.78 Å². The van der Waals surface area contributed by atoms with Gasteiger partial charge in [0, 0.05) is 36.6 Å². The van der Waals surface area contributed by atoms with Gasteiger partial charge in [-0.15, -0.1) is 0 Å². The predicted octanol–water partition coefficient (Wildman–Crippen LogP) is 2.42. The van der Waals surface area contributed by atoms with Gasteiger partial charge in [0.25, 0.3) is 5.56 Å². The second-order valence-corrected chi connectivity index (χ2v) is 6.69. The van der Waals surface area contributed by atoms with E-state index in [1.165, 1.54) is 6.07 Å². The number of hydrogen-bond acceptors (Lipinski definition) is 7. The van der Waals surface area contributed by atoms with Crippen LogP contribution in [0.4, 0.5) is 17.6 Å². The van der Waals surface area contributed by atoms with E-state index >= 15 is 0 Å². The lowest BCUT2D eigenvalue weighted by Crippen LogP contribution is -2.37. The number of ether oxygens (including phenoxy) is 1. The summed E-state index contributed by atoms with van der Waals surface area (Å²) in [5.74, 6) is 1.06. The zero-order valence-electron chi connectivity index (χ0n) is 15.9. The van der Waals surface area contributed by atoms with Crippen LogP contribution in [-0.4, -0.2) is 46.2 Å². The maximum Gasteiger partial charge on any atom is 0.252 e. The van der Waals surface area contributed by atoms with Crippen LogP contribution in [0.3, 0.4) is 0 Å². The molecule has 0 unspecified atom stereocenters. The van der Waals surface area contributed by atoms with Gasteiger partial charge >= 0.3 is 0 Å². The molecule has 0 bridgehead atoms. The Morgan fingerprint density at radius 3 is 2.68 bits per heavy atom. The number of aryl methyl sites for hydroxylation is 2. The zero-order chi connectivity index (χ0) is 19.5. The summed E-state index contributed by atoms with van der Waals surface area (Å²) in [5, 5.41) is 3.18. The van der Waals surface area contributed by atoms with Gasteiger partial charge in [-0.25, -0.2) is 15.0 Å². The molecule has 0 aliphatic carbocycles. The number of anilines is 3. The molecule has 1 aromatic carbocycles. The van der Waals surface area contributed by atoms with Gasteiger partial charge in [-0.1, -0.05) is 18.2 Å². The van der Waals surface area contributed by atoms with Gasteiger partial charge in [0.05, 0.1) is 24.6 Å². The summed E-state index contributed by atoms with van der Waals surface area (Å²) in [7, 11) is 0. The number of nitrogens with zero attached hydrogens (tertiary/aromatic N) is 4. The zero-order valence-corrected chi connectivity index (χ0v) is 15.9. The molecule has 1 aliphatic rings. The van der Waals surface area contributed by atoms with Crippen molar-refractivity contribution in [1.82, 2.24) is 19.9 Å². The van der Waals surface area contributed by atoms with Crippen molar-refractivity contribution in [1.29, 1.82) is 0 Å². The van der Waals surface area contributed by atoms with Crippen LogP contribution in [0, 0.1) is 13.8 Å². The summed E-state index contributed by atoms with van der Waals surface area (Å²) >= 11 is 0. The molecule has 0 spiro atoms. The van der Waals surface area contributed by atoms with Crippen molar-refractivity contribution >= 4 is 17.6 Å². The molecule has 3 aromatic rings. The quantitative estimate of drug-likeness (QED) is 0.720. The highest BCUT2D eigenvalue weighted by molar-refractivity contribution is 5.64. The van der Waals surface area contributed by atoms with E-state index in [9.17, 15) is 4.79 Å². The number of benzene rings is 1. The number of para-hydroxylation sites is 1. The molecule has 8 nitrogen and oxygen atoms in total. The lowest BCUT2D eigenvalue weighted by Gasteiger charge is -2.27. The lowest BCUT2D eigenvalue weighted by molar-refractivity contribution is 0.122. The Balaban J connectivity index is 1.64. The third kappa shape index (κ3) is 3.86. The molecule has 3 heterocycles. The van der Waals surface area contributed by atoms with E-state index in [0.717, 1.165) is 35.6 Å². The third-order valence-corrected chi connectivity index (χ3v) is 4.68. The first-order valence-corrected chi connectivity index (χ1v) is 9.21. The Bertz CT molecular complexity index is 1040. The van der Waals surface area contributed by atoms with E-state index in [1.807, 2.05) is 38.1 Å². The molecule has 0 atom stereocenters. The van der Waals surface area contributed by atoms with Crippen molar-refractivity contribution in [3.8, 4) is 11.3 Å². The van der Waals surface area contributed by atoms with Crippen molar-refractivity contribution in [2.45, 2.75) is 13.8 Å². The van der Waals surface area contributed by atoms with Crippen molar-refractivity contribution in [2.75, 3.05) is 36.5 Å². The Kier molecular flexibility index (Phi) is 5.03. The highest BCUT2D eigenvalue weighted by Gasteiger charge is 2.16. The number of rotatable bonds is 4. The van der Waals surface area contributed by atoms with Crippen LogP contribution in [0.1, 0.15) is 11.3 Å². The lowest BCUT2D eigenvalue weighted by atomic mass is 10.1. The van der Waals surface area contributed by atoms with Crippen LogP contribution in [0.5, 0.6) is 0 Å². The second-order valence-electron chi connectivity index (χ2n) is 6.69. The van der Waals surface area contributed by atoms with Crippen molar-refractivity contribution in [2.24, 2.45) is 0 Å². The first kappa shape index (κ1) is 18.1. The van der Waals surface area contributed by atoms with E-state index < -0.39 is 0 Å². The number of hydrogen-bond donors (Lipinski definition) is 2. The van der Waals surface area contributed by atoms with E-state index in [-0.39, 0.29) is 5.56 Å². The fraction of sp³-hybridized carbons (Fsp3) is 0.300. The fourth-order valence-electron chi connectivity index (χ4n) is 3.12. The standard InChI is InChI=1S/C20H22N6O2/c1-13-5-3-4-6-16(13)23-19-24-17(11-18(27)25-19)15-12-21-20(22-14(15)2)26-7-9-28-10-8-26/h3-6,11-12H,7-10H2,1-2H3,(H2,23,24,25,27). The summed E-state index contributed by atoms with van der Waals surface area (Å²) in [6.07, 6.45) is 1.73. The number of morpholine rings is 1. The van der Waals surface area contributed by atoms with E-state index in [1.54, 1.807) is 6.20 Å². The molecule has 4 rings (SSSR count). The molecule has 2 N–H and O–H groups in total. The van der Waals surface area contributed by atoms with Crippen LogP contribution < -0.4 is 15.8 Å².